The van der Waals surface area contributed by atoms with Gasteiger partial charge in [0.15, 0.2) is 0 Å². The molecule has 4 aromatic rings. The highest BCUT2D eigenvalue weighted by molar-refractivity contribution is 6.30. The van der Waals surface area contributed by atoms with E-state index in [9.17, 15) is 9.59 Å². The first kappa shape index (κ1) is 39.7. The number of carbonyl (C=O) groups is 2. The fraction of sp³-hybridized carbons (Fsp3) is 0.333. The van der Waals surface area contributed by atoms with Gasteiger partial charge in [-0.3, -0.25) is 9.59 Å². The van der Waals surface area contributed by atoms with E-state index in [1.165, 1.54) is 0 Å². The summed E-state index contributed by atoms with van der Waals surface area (Å²) in [6.07, 6.45) is 16.7. The predicted octanol–water partition coefficient (Wildman–Crippen LogP) is 12.6. The molecule has 0 saturated heterocycles. The molecule has 0 spiro atoms. The average Bonchev–Trinajstić information content (AvgIpc) is 3.72. The standard InChI is InChI=1S/C45H48Cl2O6/c1-45(35-14-22-39(23-15-35)52-41-26-18-37(46)19-27-41,36-16-24-40(25-17-36)53-42-28-20-38(47)21-29-42)31-30-43(48)50-32-10-6-4-2-3-5-7-11-33-51-44(49)34-12-8-9-13-34/h8-9,12-29,34H,2-7,10-11,30-33H2,1H3. The van der Waals surface area contributed by atoms with Crippen LogP contribution in [0.25, 0.3) is 0 Å². The first-order valence-corrected chi connectivity index (χ1v) is 19.3. The van der Waals surface area contributed by atoms with Crippen LogP contribution in [0.15, 0.2) is 121 Å². The van der Waals surface area contributed by atoms with Crippen LogP contribution in [0.2, 0.25) is 10.0 Å². The molecule has 1 aliphatic carbocycles. The minimum Gasteiger partial charge on any atom is -0.466 e. The Kier molecular flexibility index (Phi) is 15.5. The number of benzene rings is 4. The van der Waals surface area contributed by atoms with Crippen LogP contribution in [0.5, 0.6) is 23.0 Å². The second-order valence-electron chi connectivity index (χ2n) is 13.5. The molecule has 5 rings (SSSR count). The number of esters is 2. The Bertz CT molecular complexity index is 1680. The molecule has 4 aromatic carbocycles. The Morgan fingerprint density at radius 1 is 0.547 bits per heavy atom. The molecule has 278 valence electrons. The van der Waals surface area contributed by atoms with Crippen LogP contribution in [0, 0.1) is 5.92 Å². The second kappa shape index (κ2) is 20.6. The maximum atomic E-state index is 13.0. The van der Waals surface area contributed by atoms with E-state index in [0.29, 0.717) is 52.7 Å². The zero-order valence-electron chi connectivity index (χ0n) is 30.3. The number of unbranched alkanes of at least 4 members (excludes halogenated alkanes) is 7. The van der Waals surface area contributed by atoms with Crippen molar-refractivity contribution in [3.8, 4) is 23.0 Å². The van der Waals surface area contributed by atoms with Gasteiger partial charge in [0.1, 0.15) is 23.0 Å². The van der Waals surface area contributed by atoms with Crippen LogP contribution < -0.4 is 9.47 Å². The summed E-state index contributed by atoms with van der Waals surface area (Å²) >= 11 is 12.1. The molecule has 1 aliphatic rings. The van der Waals surface area contributed by atoms with Gasteiger partial charge in [-0.15, -0.1) is 0 Å². The van der Waals surface area contributed by atoms with Gasteiger partial charge in [-0.1, -0.05) is 117 Å². The van der Waals surface area contributed by atoms with E-state index >= 15 is 0 Å². The Morgan fingerprint density at radius 3 is 1.36 bits per heavy atom. The van der Waals surface area contributed by atoms with Crippen LogP contribution >= 0.6 is 23.2 Å². The molecule has 8 heteroatoms. The maximum Gasteiger partial charge on any atom is 0.316 e. The van der Waals surface area contributed by atoms with E-state index in [-0.39, 0.29) is 24.3 Å². The molecule has 0 aliphatic heterocycles. The third kappa shape index (κ3) is 12.8. The van der Waals surface area contributed by atoms with Crippen molar-refractivity contribution in [1.29, 1.82) is 0 Å². The van der Waals surface area contributed by atoms with Crippen LogP contribution in [0.3, 0.4) is 0 Å². The van der Waals surface area contributed by atoms with Gasteiger partial charge in [-0.05, 0) is 103 Å². The SMILES string of the molecule is CC(CCC(=O)OCCCCCCCCCCOC(=O)C1C=CC=C1)(c1ccc(Oc2ccc(Cl)cc2)cc1)c1ccc(Oc2ccc(Cl)cc2)cc1. The number of hydrogen-bond acceptors (Lipinski definition) is 6. The lowest BCUT2D eigenvalue weighted by atomic mass is 9.73. The second-order valence-corrected chi connectivity index (χ2v) is 14.4. The number of allylic oxidation sites excluding steroid dienone is 2. The summed E-state index contributed by atoms with van der Waals surface area (Å²) in [5, 5.41) is 1.30. The molecule has 0 N–H and O–H groups in total. The van der Waals surface area contributed by atoms with Crippen LogP contribution in [-0.2, 0) is 24.5 Å². The van der Waals surface area contributed by atoms with Crippen molar-refractivity contribution in [1.82, 2.24) is 0 Å². The Balaban J connectivity index is 1.07. The van der Waals surface area contributed by atoms with E-state index in [2.05, 4.69) is 31.2 Å². The van der Waals surface area contributed by atoms with Gasteiger partial charge in [0, 0.05) is 21.9 Å². The van der Waals surface area contributed by atoms with Crippen molar-refractivity contribution < 1.29 is 28.5 Å². The molecule has 0 unspecified atom stereocenters. The third-order valence-corrected chi connectivity index (χ3v) is 9.98. The third-order valence-electron chi connectivity index (χ3n) is 9.48. The average molecular weight is 756 g/mol. The normalized spacial score (nSPS) is 12.5. The van der Waals surface area contributed by atoms with Crippen molar-refractivity contribution >= 4 is 35.1 Å². The monoisotopic (exact) mass is 754 g/mol. The zero-order valence-corrected chi connectivity index (χ0v) is 31.8. The van der Waals surface area contributed by atoms with E-state index in [1.807, 2.05) is 72.8 Å². The first-order valence-electron chi connectivity index (χ1n) is 18.5. The zero-order chi connectivity index (χ0) is 37.3. The van der Waals surface area contributed by atoms with Crippen molar-refractivity contribution in [2.75, 3.05) is 13.2 Å². The predicted molar refractivity (Wildman–Crippen MR) is 212 cm³/mol. The number of hydrogen-bond donors (Lipinski definition) is 0. The highest BCUT2D eigenvalue weighted by Gasteiger charge is 2.30. The molecule has 0 heterocycles. The lowest BCUT2D eigenvalue weighted by Gasteiger charge is -2.31. The Hall–Kier alpha value is -4.52. The summed E-state index contributed by atoms with van der Waals surface area (Å²) in [4.78, 5) is 24.9. The van der Waals surface area contributed by atoms with Crippen molar-refractivity contribution in [2.45, 2.75) is 76.5 Å². The van der Waals surface area contributed by atoms with Gasteiger partial charge < -0.3 is 18.9 Å². The summed E-state index contributed by atoms with van der Waals surface area (Å²) in [5.74, 6) is 2.24. The van der Waals surface area contributed by atoms with E-state index in [1.54, 1.807) is 24.3 Å². The minimum absolute atomic E-state index is 0.163. The molecular weight excluding hydrogens is 707 g/mol. The molecule has 6 nitrogen and oxygen atoms in total. The van der Waals surface area contributed by atoms with Crippen molar-refractivity contribution in [2.24, 2.45) is 5.92 Å². The topological polar surface area (TPSA) is 71.1 Å². The summed E-state index contributed by atoms with van der Waals surface area (Å²) in [5.41, 5.74) is 1.63. The van der Waals surface area contributed by atoms with E-state index in [0.717, 1.165) is 62.5 Å². The van der Waals surface area contributed by atoms with Gasteiger partial charge in [0.25, 0.3) is 0 Å². The number of rotatable bonds is 21. The lowest BCUT2D eigenvalue weighted by molar-refractivity contribution is -0.145. The largest absolute Gasteiger partial charge is 0.466 e. The summed E-state index contributed by atoms with van der Waals surface area (Å²) in [6, 6.07) is 30.5. The highest BCUT2D eigenvalue weighted by Crippen LogP contribution is 2.39. The molecule has 53 heavy (non-hydrogen) atoms. The molecule has 0 bridgehead atoms. The molecule has 0 amide bonds. The van der Waals surface area contributed by atoms with Crippen LogP contribution in [-0.4, -0.2) is 25.2 Å². The summed E-state index contributed by atoms with van der Waals surface area (Å²) < 4.78 is 23.1. The van der Waals surface area contributed by atoms with Gasteiger partial charge in [-0.2, -0.15) is 0 Å². The van der Waals surface area contributed by atoms with Gasteiger partial charge in [-0.25, -0.2) is 0 Å². The Morgan fingerprint density at radius 2 is 0.925 bits per heavy atom. The highest BCUT2D eigenvalue weighted by atomic mass is 35.5. The van der Waals surface area contributed by atoms with Gasteiger partial charge >= 0.3 is 11.9 Å². The molecule has 0 saturated carbocycles. The molecule has 0 fully saturated rings. The molecule has 0 aromatic heterocycles. The van der Waals surface area contributed by atoms with Crippen molar-refractivity contribution in [3.63, 3.8) is 0 Å². The van der Waals surface area contributed by atoms with Gasteiger partial charge in [0.05, 0.1) is 19.1 Å². The number of halogens is 2. The van der Waals surface area contributed by atoms with Gasteiger partial charge in [0.2, 0.25) is 0 Å². The number of ether oxygens (including phenoxy) is 4. The lowest BCUT2D eigenvalue weighted by Crippen LogP contribution is -2.25. The smallest absolute Gasteiger partial charge is 0.316 e. The fourth-order valence-corrected chi connectivity index (χ4v) is 6.50. The Labute approximate surface area is 323 Å². The van der Waals surface area contributed by atoms with E-state index < -0.39 is 5.41 Å². The molecular formula is C45H48Cl2O6. The van der Waals surface area contributed by atoms with Crippen LogP contribution in [0.4, 0.5) is 0 Å². The van der Waals surface area contributed by atoms with Crippen LogP contribution in [0.1, 0.15) is 82.3 Å². The molecule has 0 radical (unpaired) electrons. The minimum atomic E-state index is -0.483. The number of carbonyl (C=O) groups excluding carboxylic acids is 2. The summed E-state index contributed by atoms with van der Waals surface area (Å²) in [7, 11) is 0. The quantitative estimate of drug-likeness (QED) is 0.0623. The fourth-order valence-electron chi connectivity index (χ4n) is 6.25. The maximum absolute atomic E-state index is 13.0. The molecule has 0 atom stereocenters. The van der Waals surface area contributed by atoms with E-state index in [4.69, 9.17) is 42.1 Å². The summed E-state index contributed by atoms with van der Waals surface area (Å²) in [6.45, 7) is 3.07. The first-order chi connectivity index (χ1) is 25.8. The van der Waals surface area contributed by atoms with Crippen molar-refractivity contribution in [3.05, 3.63) is 143 Å².